The Morgan fingerprint density at radius 2 is 0.757 bits per heavy atom. The molecule has 8 nitrogen and oxygen atoms in total. The van der Waals surface area contributed by atoms with E-state index in [-0.39, 0.29) is 19.1 Å². The number of unbranched alkanes of at least 4 members (excludes halogenated alkanes) is 45. The average molecular weight is 1010 g/mol. The Bertz CT molecular complexity index is 1150. The molecule has 0 saturated heterocycles. The van der Waals surface area contributed by atoms with E-state index in [1.807, 2.05) is 27.2 Å². The van der Waals surface area contributed by atoms with Gasteiger partial charge in [-0.05, 0) is 19.3 Å². The molecule has 0 fully saturated rings. The number of aliphatic hydroxyl groups excluding tert-OH is 1. The molecule has 0 aliphatic carbocycles. The number of hydrogen-bond donors (Lipinski definition) is 3. The number of likely N-dealkylation sites (N-methyl/N-ethyl adjacent to an activating group) is 1. The zero-order valence-electron chi connectivity index (χ0n) is 47.8. The molecule has 0 aromatic carbocycles. The highest BCUT2D eigenvalue weighted by Crippen LogP contribution is 2.43. The highest BCUT2D eigenvalue weighted by atomic mass is 31.2. The SMILES string of the molecule is CCCCCCCCCCCCCCCCCCCCCC/C=C/C(O)C(COP(=O)(O)OCC[N+](C)(C)C)NC(=O)CCCCCCCCCCCCCCCCCCCCCCCCCCCC. The van der Waals surface area contributed by atoms with Crippen LogP contribution in [-0.2, 0) is 18.4 Å². The van der Waals surface area contributed by atoms with E-state index in [1.54, 1.807) is 6.08 Å². The molecule has 418 valence electrons. The van der Waals surface area contributed by atoms with Gasteiger partial charge in [0.15, 0.2) is 0 Å². The van der Waals surface area contributed by atoms with E-state index in [4.69, 9.17) is 9.05 Å². The zero-order chi connectivity index (χ0) is 51.3. The van der Waals surface area contributed by atoms with Crippen LogP contribution in [0.1, 0.15) is 322 Å². The third-order valence-corrected chi connectivity index (χ3v) is 15.5. The van der Waals surface area contributed by atoms with Gasteiger partial charge < -0.3 is 19.8 Å². The number of quaternary nitrogens is 1. The lowest BCUT2D eigenvalue weighted by atomic mass is 10.0. The van der Waals surface area contributed by atoms with Crippen molar-refractivity contribution in [3.05, 3.63) is 12.2 Å². The van der Waals surface area contributed by atoms with Crippen molar-refractivity contribution in [2.75, 3.05) is 40.9 Å². The normalized spacial score (nSPS) is 13.9. The maximum absolute atomic E-state index is 13.0. The topological polar surface area (TPSA) is 105 Å². The van der Waals surface area contributed by atoms with Crippen molar-refractivity contribution in [3.63, 3.8) is 0 Å². The van der Waals surface area contributed by atoms with Crippen LogP contribution in [0.5, 0.6) is 0 Å². The van der Waals surface area contributed by atoms with Gasteiger partial charge in [0, 0.05) is 6.42 Å². The summed E-state index contributed by atoms with van der Waals surface area (Å²) in [5.41, 5.74) is 0. The van der Waals surface area contributed by atoms with Gasteiger partial charge in [-0.1, -0.05) is 309 Å². The Labute approximate surface area is 437 Å². The molecule has 0 bridgehead atoms. The third kappa shape index (κ3) is 55.0. The first-order valence-corrected chi connectivity index (χ1v) is 32.6. The average Bonchev–Trinajstić information content (AvgIpc) is 3.32. The van der Waals surface area contributed by atoms with Crippen LogP contribution in [0.2, 0.25) is 0 Å². The Balaban J connectivity index is 4.12. The van der Waals surface area contributed by atoms with E-state index < -0.39 is 20.0 Å². The first-order valence-electron chi connectivity index (χ1n) is 31.1. The van der Waals surface area contributed by atoms with Crippen LogP contribution >= 0.6 is 7.82 Å². The van der Waals surface area contributed by atoms with Crippen LogP contribution in [-0.4, -0.2) is 73.4 Å². The fourth-order valence-corrected chi connectivity index (χ4v) is 10.4. The molecule has 0 aliphatic rings. The minimum Gasteiger partial charge on any atom is -0.387 e. The highest BCUT2D eigenvalue weighted by molar-refractivity contribution is 7.47. The van der Waals surface area contributed by atoms with Crippen molar-refractivity contribution >= 4 is 13.7 Å². The van der Waals surface area contributed by atoms with Gasteiger partial charge in [0.25, 0.3) is 0 Å². The first kappa shape index (κ1) is 69.2. The smallest absolute Gasteiger partial charge is 0.387 e. The maximum Gasteiger partial charge on any atom is 0.472 e. The van der Waals surface area contributed by atoms with Gasteiger partial charge in [0.2, 0.25) is 5.91 Å². The molecule has 3 N–H and O–H groups in total. The van der Waals surface area contributed by atoms with Gasteiger partial charge in [-0.2, -0.15) is 0 Å². The Hall–Kier alpha value is -0.760. The van der Waals surface area contributed by atoms with E-state index >= 15 is 0 Å². The fourth-order valence-electron chi connectivity index (χ4n) is 9.63. The molecule has 70 heavy (non-hydrogen) atoms. The van der Waals surface area contributed by atoms with Crippen molar-refractivity contribution in [2.24, 2.45) is 0 Å². The first-order chi connectivity index (χ1) is 34.0. The lowest BCUT2D eigenvalue weighted by molar-refractivity contribution is -0.870. The van der Waals surface area contributed by atoms with Crippen molar-refractivity contribution in [1.29, 1.82) is 0 Å². The number of phosphoric ester groups is 1. The quantitative estimate of drug-likeness (QED) is 0.0243. The summed E-state index contributed by atoms with van der Waals surface area (Å²) in [6, 6.07) is -0.842. The van der Waals surface area contributed by atoms with Crippen LogP contribution < -0.4 is 5.32 Å². The molecule has 0 spiro atoms. The number of amides is 1. The van der Waals surface area contributed by atoms with Crippen molar-refractivity contribution in [2.45, 2.75) is 334 Å². The summed E-state index contributed by atoms with van der Waals surface area (Å²) in [4.78, 5) is 23.3. The summed E-state index contributed by atoms with van der Waals surface area (Å²) in [7, 11) is 1.59. The highest BCUT2D eigenvalue weighted by Gasteiger charge is 2.27. The number of rotatable bonds is 58. The lowest BCUT2D eigenvalue weighted by Crippen LogP contribution is -2.45. The number of nitrogens with zero attached hydrogens (tertiary/aromatic N) is 1. The number of nitrogens with one attached hydrogen (secondary N) is 1. The summed E-state index contributed by atoms with van der Waals surface area (Å²) in [6.07, 6.45) is 66.1. The van der Waals surface area contributed by atoms with E-state index in [2.05, 4.69) is 19.2 Å². The number of phosphoric acid groups is 1. The van der Waals surface area contributed by atoms with Gasteiger partial charge in [-0.15, -0.1) is 0 Å². The molecule has 0 aromatic rings. The molecular weight excluding hydrogens is 888 g/mol. The second kappa shape index (κ2) is 53.1. The molecule has 9 heteroatoms. The standard InChI is InChI=1S/C61H123N2O6P/c1-6-8-10-12-14-16-18-20-22-24-26-28-30-31-32-33-35-37-39-41-43-45-47-49-51-53-55-61(65)62-59(58-69-70(66,67)68-57-56-63(3,4)5)60(64)54-52-50-48-46-44-42-40-38-36-34-29-27-25-23-21-19-17-15-13-11-9-7-2/h52,54,59-60,64H,6-51,53,55-58H2,1-5H3,(H-,62,65,66,67)/p+1/b54-52+. The van der Waals surface area contributed by atoms with Gasteiger partial charge in [-0.3, -0.25) is 13.8 Å². The summed E-state index contributed by atoms with van der Waals surface area (Å²) in [5, 5.41) is 14.0. The Kier molecular flexibility index (Phi) is 52.5. The van der Waals surface area contributed by atoms with E-state index in [9.17, 15) is 19.4 Å². The summed E-state index contributed by atoms with van der Waals surface area (Å²) >= 11 is 0. The van der Waals surface area contributed by atoms with E-state index in [0.29, 0.717) is 17.4 Å². The lowest BCUT2D eigenvalue weighted by Gasteiger charge is -2.25. The zero-order valence-corrected chi connectivity index (χ0v) is 48.7. The number of carbonyl (C=O) groups is 1. The fraction of sp³-hybridized carbons (Fsp3) is 0.951. The van der Waals surface area contributed by atoms with Crippen molar-refractivity contribution < 1.29 is 32.9 Å². The minimum atomic E-state index is -4.34. The maximum atomic E-state index is 13.0. The third-order valence-electron chi connectivity index (χ3n) is 14.5. The van der Waals surface area contributed by atoms with Crippen LogP contribution in [0.3, 0.4) is 0 Å². The molecule has 3 unspecified atom stereocenters. The molecule has 0 radical (unpaired) electrons. The van der Waals surface area contributed by atoms with Gasteiger partial charge in [0.05, 0.1) is 39.9 Å². The monoisotopic (exact) mass is 1010 g/mol. The second-order valence-electron chi connectivity index (χ2n) is 22.8. The van der Waals surface area contributed by atoms with Crippen LogP contribution in [0.25, 0.3) is 0 Å². The molecule has 0 aliphatic heterocycles. The van der Waals surface area contributed by atoms with Crippen LogP contribution in [0, 0.1) is 0 Å². The van der Waals surface area contributed by atoms with Crippen LogP contribution in [0.15, 0.2) is 12.2 Å². The molecule has 0 rings (SSSR count). The molecule has 1 amide bonds. The molecule has 3 atom stereocenters. The van der Waals surface area contributed by atoms with Gasteiger partial charge in [-0.25, -0.2) is 4.57 Å². The largest absolute Gasteiger partial charge is 0.472 e. The van der Waals surface area contributed by atoms with E-state index in [0.717, 1.165) is 32.1 Å². The van der Waals surface area contributed by atoms with Crippen molar-refractivity contribution in [1.82, 2.24) is 5.32 Å². The number of carbonyl (C=O) groups excluding carboxylic acids is 1. The molecule has 0 heterocycles. The number of allylic oxidation sites excluding steroid dienone is 1. The predicted molar refractivity (Wildman–Crippen MR) is 305 cm³/mol. The van der Waals surface area contributed by atoms with Gasteiger partial charge >= 0.3 is 7.82 Å². The Morgan fingerprint density at radius 1 is 0.471 bits per heavy atom. The van der Waals surface area contributed by atoms with Crippen LogP contribution in [0.4, 0.5) is 0 Å². The Morgan fingerprint density at radius 3 is 1.06 bits per heavy atom. The molecule has 0 saturated carbocycles. The predicted octanol–water partition coefficient (Wildman–Crippen LogP) is 19.0. The summed E-state index contributed by atoms with van der Waals surface area (Å²) < 4.78 is 23.8. The number of hydrogen-bond acceptors (Lipinski definition) is 5. The molecular formula is C61H124N2O6P+. The van der Waals surface area contributed by atoms with E-state index in [1.165, 1.54) is 270 Å². The molecule has 0 aromatic heterocycles. The summed E-state index contributed by atoms with van der Waals surface area (Å²) in [6.45, 7) is 4.88. The van der Waals surface area contributed by atoms with Gasteiger partial charge in [0.1, 0.15) is 13.2 Å². The number of aliphatic hydroxyl groups is 1. The van der Waals surface area contributed by atoms with Crippen molar-refractivity contribution in [3.8, 4) is 0 Å². The summed E-state index contributed by atoms with van der Waals surface area (Å²) in [5.74, 6) is -0.168. The second-order valence-corrected chi connectivity index (χ2v) is 24.3. The minimum absolute atomic E-state index is 0.0653.